The molecule has 0 aliphatic rings. The van der Waals surface area contributed by atoms with Gasteiger partial charge in [-0.15, -0.1) is 0 Å². The number of hydrogen-bond donors (Lipinski definition) is 1. The quantitative estimate of drug-likeness (QED) is 0.584. The SMILES string of the molecule is Cc1ccc(C(C)(C)C[C@@H](C)N[C@H](C)c2cccc3ccccc23)o1. The van der Waals surface area contributed by atoms with E-state index in [0.717, 1.165) is 17.9 Å². The Labute approximate surface area is 151 Å². The Bertz CT molecular complexity index is 841. The highest BCUT2D eigenvalue weighted by atomic mass is 16.3. The molecule has 0 amide bonds. The van der Waals surface area contributed by atoms with Gasteiger partial charge in [-0.3, -0.25) is 0 Å². The van der Waals surface area contributed by atoms with Gasteiger partial charge in [-0.05, 0) is 55.7 Å². The van der Waals surface area contributed by atoms with Gasteiger partial charge in [-0.2, -0.15) is 0 Å². The van der Waals surface area contributed by atoms with Gasteiger partial charge in [0.1, 0.15) is 11.5 Å². The Morgan fingerprint density at radius 2 is 1.68 bits per heavy atom. The monoisotopic (exact) mass is 335 g/mol. The summed E-state index contributed by atoms with van der Waals surface area (Å²) < 4.78 is 5.87. The predicted molar refractivity (Wildman–Crippen MR) is 106 cm³/mol. The smallest absolute Gasteiger partial charge is 0.109 e. The van der Waals surface area contributed by atoms with Crippen LogP contribution in [0.1, 0.15) is 57.2 Å². The molecule has 3 aromatic rings. The van der Waals surface area contributed by atoms with Crippen molar-refractivity contribution < 1.29 is 4.42 Å². The molecule has 0 spiro atoms. The van der Waals surface area contributed by atoms with Gasteiger partial charge < -0.3 is 9.73 Å². The minimum absolute atomic E-state index is 0.0130. The first-order chi connectivity index (χ1) is 11.9. The van der Waals surface area contributed by atoms with E-state index >= 15 is 0 Å². The van der Waals surface area contributed by atoms with Crippen molar-refractivity contribution in [1.29, 1.82) is 0 Å². The van der Waals surface area contributed by atoms with Crippen molar-refractivity contribution in [3.63, 3.8) is 0 Å². The van der Waals surface area contributed by atoms with E-state index < -0.39 is 0 Å². The maximum absolute atomic E-state index is 5.87. The highest BCUT2D eigenvalue weighted by Crippen LogP contribution is 2.31. The summed E-state index contributed by atoms with van der Waals surface area (Å²) in [4.78, 5) is 0. The lowest BCUT2D eigenvalue weighted by atomic mass is 9.83. The Morgan fingerprint density at radius 3 is 2.40 bits per heavy atom. The van der Waals surface area contributed by atoms with Gasteiger partial charge in [0.05, 0.1) is 0 Å². The van der Waals surface area contributed by atoms with Crippen molar-refractivity contribution in [2.24, 2.45) is 0 Å². The minimum atomic E-state index is 0.0130. The number of rotatable bonds is 6. The summed E-state index contributed by atoms with van der Waals surface area (Å²) in [6.45, 7) is 11.0. The summed E-state index contributed by atoms with van der Waals surface area (Å²) in [6.07, 6.45) is 1.02. The molecule has 0 aliphatic heterocycles. The van der Waals surface area contributed by atoms with Crippen LogP contribution in [0.2, 0.25) is 0 Å². The molecular weight excluding hydrogens is 306 g/mol. The molecule has 2 atom stereocenters. The van der Waals surface area contributed by atoms with Crippen LogP contribution in [0, 0.1) is 6.92 Å². The van der Waals surface area contributed by atoms with Crippen LogP contribution in [0.25, 0.3) is 10.8 Å². The Hall–Kier alpha value is -2.06. The standard InChI is InChI=1S/C23H29NO/c1-16(15-23(4,5)22-14-13-17(2)25-22)24-18(3)20-12-8-10-19-9-6-7-11-21(19)20/h6-14,16,18,24H,15H2,1-5H3/t16-,18-/m1/s1. The zero-order chi connectivity index (χ0) is 18.0. The number of nitrogens with one attached hydrogen (secondary N) is 1. The number of aryl methyl sites for hydroxylation is 1. The van der Waals surface area contributed by atoms with Crippen LogP contribution in [0.3, 0.4) is 0 Å². The van der Waals surface area contributed by atoms with E-state index in [9.17, 15) is 0 Å². The van der Waals surface area contributed by atoms with E-state index in [1.54, 1.807) is 0 Å². The van der Waals surface area contributed by atoms with E-state index in [4.69, 9.17) is 4.42 Å². The summed E-state index contributed by atoms with van der Waals surface area (Å²) >= 11 is 0. The molecule has 2 aromatic carbocycles. The van der Waals surface area contributed by atoms with Crippen molar-refractivity contribution >= 4 is 10.8 Å². The minimum Gasteiger partial charge on any atom is -0.466 e. The first-order valence-corrected chi connectivity index (χ1v) is 9.17. The summed E-state index contributed by atoms with van der Waals surface area (Å²) in [5, 5.41) is 6.41. The third-order valence-corrected chi connectivity index (χ3v) is 5.05. The molecule has 2 heteroatoms. The van der Waals surface area contributed by atoms with Crippen molar-refractivity contribution in [2.75, 3.05) is 0 Å². The summed E-state index contributed by atoms with van der Waals surface area (Å²) in [5.74, 6) is 2.05. The van der Waals surface area contributed by atoms with Crippen LogP contribution in [-0.4, -0.2) is 6.04 Å². The number of fused-ring (bicyclic) bond motifs is 1. The van der Waals surface area contributed by atoms with Gasteiger partial charge in [0.15, 0.2) is 0 Å². The molecule has 25 heavy (non-hydrogen) atoms. The second-order valence-electron chi connectivity index (χ2n) is 7.86. The molecule has 3 rings (SSSR count). The maximum atomic E-state index is 5.87. The molecular formula is C23H29NO. The van der Waals surface area contributed by atoms with Gasteiger partial charge in [-0.25, -0.2) is 0 Å². The van der Waals surface area contributed by atoms with Gasteiger partial charge in [0.25, 0.3) is 0 Å². The normalized spacial score (nSPS) is 14.6. The van der Waals surface area contributed by atoms with E-state index in [2.05, 4.69) is 81.5 Å². The average Bonchev–Trinajstić information content (AvgIpc) is 3.01. The Kier molecular flexibility index (Phi) is 5.01. The first kappa shape index (κ1) is 17.8. The molecule has 0 radical (unpaired) electrons. The second kappa shape index (κ2) is 7.05. The van der Waals surface area contributed by atoms with Crippen molar-refractivity contribution in [3.05, 3.63) is 71.7 Å². The van der Waals surface area contributed by atoms with Crippen LogP contribution >= 0.6 is 0 Å². The van der Waals surface area contributed by atoms with Gasteiger partial charge in [0, 0.05) is 17.5 Å². The van der Waals surface area contributed by atoms with Crippen LogP contribution in [-0.2, 0) is 5.41 Å². The molecule has 0 saturated heterocycles. The molecule has 1 heterocycles. The molecule has 1 N–H and O–H groups in total. The topological polar surface area (TPSA) is 25.2 Å². The van der Waals surface area contributed by atoms with E-state index in [-0.39, 0.29) is 5.41 Å². The zero-order valence-electron chi connectivity index (χ0n) is 16.0. The van der Waals surface area contributed by atoms with Crippen molar-refractivity contribution in [3.8, 4) is 0 Å². The van der Waals surface area contributed by atoms with Crippen LogP contribution < -0.4 is 5.32 Å². The Balaban J connectivity index is 1.73. The first-order valence-electron chi connectivity index (χ1n) is 9.17. The molecule has 1 aromatic heterocycles. The highest BCUT2D eigenvalue weighted by Gasteiger charge is 2.27. The van der Waals surface area contributed by atoms with Gasteiger partial charge in [0.2, 0.25) is 0 Å². The van der Waals surface area contributed by atoms with Gasteiger partial charge in [-0.1, -0.05) is 56.3 Å². The fraction of sp³-hybridized carbons (Fsp3) is 0.391. The van der Waals surface area contributed by atoms with Crippen molar-refractivity contribution in [2.45, 2.75) is 58.5 Å². The fourth-order valence-electron chi connectivity index (χ4n) is 3.87. The lowest BCUT2D eigenvalue weighted by molar-refractivity contribution is 0.310. The largest absolute Gasteiger partial charge is 0.466 e. The lowest BCUT2D eigenvalue weighted by Crippen LogP contribution is -2.34. The van der Waals surface area contributed by atoms with Crippen LogP contribution in [0.15, 0.2) is 59.0 Å². The molecule has 0 fully saturated rings. The highest BCUT2D eigenvalue weighted by molar-refractivity contribution is 5.86. The third-order valence-electron chi connectivity index (χ3n) is 5.05. The molecule has 132 valence electrons. The molecule has 0 bridgehead atoms. The maximum Gasteiger partial charge on any atom is 0.109 e. The summed E-state index contributed by atoms with van der Waals surface area (Å²) in [6, 6.07) is 20.0. The molecule has 2 nitrogen and oxygen atoms in total. The van der Waals surface area contributed by atoms with Crippen molar-refractivity contribution in [1.82, 2.24) is 5.32 Å². The van der Waals surface area contributed by atoms with E-state index in [1.165, 1.54) is 16.3 Å². The van der Waals surface area contributed by atoms with E-state index in [0.29, 0.717) is 12.1 Å². The van der Waals surface area contributed by atoms with Crippen LogP contribution in [0.5, 0.6) is 0 Å². The molecule has 0 saturated carbocycles. The third kappa shape index (κ3) is 3.96. The Morgan fingerprint density at radius 1 is 0.960 bits per heavy atom. The number of furan rings is 1. The summed E-state index contributed by atoms with van der Waals surface area (Å²) in [5.41, 5.74) is 1.37. The summed E-state index contributed by atoms with van der Waals surface area (Å²) in [7, 11) is 0. The van der Waals surface area contributed by atoms with Crippen LogP contribution in [0.4, 0.5) is 0 Å². The fourth-order valence-corrected chi connectivity index (χ4v) is 3.87. The van der Waals surface area contributed by atoms with E-state index in [1.807, 2.05) is 13.0 Å². The molecule has 0 aliphatic carbocycles. The lowest BCUT2D eigenvalue weighted by Gasteiger charge is -2.29. The van der Waals surface area contributed by atoms with Gasteiger partial charge >= 0.3 is 0 Å². The number of hydrogen-bond acceptors (Lipinski definition) is 2. The molecule has 0 unspecified atom stereocenters. The predicted octanol–water partition coefficient (Wildman–Crippen LogP) is 6.15. The zero-order valence-corrected chi connectivity index (χ0v) is 16.0. The number of benzene rings is 2. The second-order valence-corrected chi connectivity index (χ2v) is 7.86. The average molecular weight is 335 g/mol.